The molecule has 1 aliphatic heterocycles. The summed E-state index contributed by atoms with van der Waals surface area (Å²) >= 11 is 5.07. The summed E-state index contributed by atoms with van der Waals surface area (Å²) in [5.41, 5.74) is 7.40. The van der Waals surface area contributed by atoms with Gasteiger partial charge in [0.25, 0.3) is 0 Å². The largest absolute Gasteiger partial charge is 0.497 e. The molecule has 0 spiro atoms. The van der Waals surface area contributed by atoms with Gasteiger partial charge in [-0.2, -0.15) is 0 Å². The second kappa shape index (κ2) is 5.12. The Morgan fingerprint density at radius 2 is 2.33 bits per heavy atom. The van der Waals surface area contributed by atoms with Crippen LogP contribution in [0.1, 0.15) is 18.9 Å². The van der Waals surface area contributed by atoms with Crippen LogP contribution < -0.4 is 15.8 Å². The second-order valence-corrected chi connectivity index (χ2v) is 5.20. The van der Waals surface area contributed by atoms with E-state index in [-0.39, 0.29) is 5.54 Å². The molecule has 1 aliphatic rings. The summed E-state index contributed by atoms with van der Waals surface area (Å²) in [6.45, 7) is 3.58. The van der Waals surface area contributed by atoms with Gasteiger partial charge in [0.2, 0.25) is 0 Å². The summed E-state index contributed by atoms with van der Waals surface area (Å²) in [5, 5.41) is 3.47. The molecule has 0 amide bonds. The molecule has 0 saturated carbocycles. The quantitative estimate of drug-likeness (QED) is 0.815. The zero-order valence-corrected chi connectivity index (χ0v) is 11.5. The summed E-state index contributed by atoms with van der Waals surface area (Å²) in [7, 11) is 1.64. The summed E-state index contributed by atoms with van der Waals surface area (Å²) in [6.07, 6.45) is 0.959. The van der Waals surface area contributed by atoms with E-state index in [1.165, 1.54) is 0 Å². The van der Waals surface area contributed by atoms with Gasteiger partial charge in [-0.3, -0.25) is 0 Å². The Morgan fingerprint density at radius 3 is 2.89 bits per heavy atom. The van der Waals surface area contributed by atoms with Crippen LogP contribution >= 0.6 is 12.2 Å². The van der Waals surface area contributed by atoms with Gasteiger partial charge in [-0.25, -0.2) is 0 Å². The van der Waals surface area contributed by atoms with Crippen molar-refractivity contribution in [3.8, 4) is 5.75 Å². The highest BCUT2D eigenvalue weighted by molar-refractivity contribution is 7.80. The fraction of sp³-hybridized carbons (Fsp3) is 0.462. The minimum atomic E-state index is -0.0775. The Balaban J connectivity index is 2.31. The van der Waals surface area contributed by atoms with Crippen molar-refractivity contribution >= 4 is 22.9 Å². The van der Waals surface area contributed by atoms with Crippen molar-refractivity contribution in [2.75, 3.05) is 25.6 Å². The number of hydrogen-bond acceptors (Lipinski definition) is 4. The van der Waals surface area contributed by atoms with Gasteiger partial charge in [-0.1, -0.05) is 12.2 Å². The molecule has 4 nitrogen and oxygen atoms in total. The zero-order valence-electron chi connectivity index (χ0n) is 10.7. The first-order valence-corrected chi connectivity index (χ1v) is 6.29. The van der Waals surface area contributed by atoms with Crippen LogP contribution in [0.2, 0.25) is 0 Å². The van der Waals surface area contributed by atoms with Crippen LogP contribution in [-0.4, -0.2) is 30.9 Å². The van der Waals surface area contributed by atoms with Crippen molar-refractivity contribution in [1.29, 1.82) is 0 Å². The fourth-order valence-corrected chi connectivity index (χ4v) is 2.24. The van der Waals surface area contributed by atoms with Crippen molar-refractivity contribution in [1.82, 2.24) is 0 Å². The maximum atomic E-state index is 5.74. The first kappa shape index (κ1) is 13.1. The lowest BCUT2D eigenvalue weighted by Crippen LogP contribution is -2.35. The maximum absolute atomic E-state index is 5.74. The molecule has 1 heterocycles. The molecular weight excluding hydrogens is 248 g/mol. The van der Waals surface area contributed by atoms with Gasteiger partial charge in [-0.15, -0.1) is 0 Å². The molecule has 0 bridgehead atoms. The number of nitrogens with two attached hydrogens (primary N) is 1. The standard InChI is InChI=1S/C13H18N2O2S/c1-13(5-6-17-8-13)15-11-7-9(16-2)3-4-10(11)12(14)18/h3-4,7,15H,5-6,8H2,1-2H3,(H2,14,18). The van der Waals surface area contributed by atoms with Crippen LogP contribution in [0.25, 0.3) is 0 Å². The molecule has 1 atom stereocenters. The SMILES string of the molecule is COc1ccc(C(N)=S)c(NC2(C)CCOC2)c1. The van der Waals surface area contributed by atoms with Crippen LogP contribution in [0.4, 0.5) is 5.69 Å². The van der Waals surface area contributed by atoms with Gasteiger partial charge in [0, 0.05) is 23.9 Å². The molecule has 1 aromatic carbocycles. The van der Waals surface area contributed by atoms with Crippen LogP contribution in [-0.2, 0) is 4.74 Å². The van der Waals surface area contributed by atoms with Gasteiger partial charge in [0.15, 0.2) is 0 Å². The highest BCUT2D eigenvalue weighted by Crippen LogP contribution is 2.29. The van der Waals surface area contributed by atoms with E-state index in [0.29, 0.717) is 11.6 Å². The Kier molecular flexibility index (Phi) is 3.73. The van der Waals surface area contributed by atoms with E-state index >= 15 is 0 Å². The number of methoxy groups -OCH3 is 1. The van der Waals surface area contributed by atoms with Gasteiger partial charge >= 0.3 is 0 Å². The number of benzene rings is 1. The summed E-state index contributed by atoms with van der Waals surface area (Å²) in [6, 6.07) is 5.65. The van der Waals surface area contributed by atoms with Crippen molar-refractivity contribution in [3.05, 3.63) is 23.8 Å². The lowest BCUT2D eigenvalue weighted by Gasteiger charge is -2.26. The number of thiocarbonyl (C=S) groups is 1. The van der Waals surface area contributed by atoms with Gasteiger partial charge in [0.05, 0.1) is 19.3 Å². The van der Waals surface area contributed by atoms with Gasteiger partial charge in [0.1, 0.15) is 10.7 Å². The first-order chi connectivity index (χ1) is 8.54. The predicted molar refractivity (Wildman–Crippen MR) is 76.3 cm³/mol. The minimum absolute atomic E-state index is 0.0775. The summed E-state index contributed by atoms with van der Waals surface area (Å²) in [4.78, 5) is 0.377. The number of anilines is 1. The summed E-state index contributed by atoms with van der Waals surface area (Å²) in [5.74, 6) is 0.778. The lowest BCUT2D eigenvalue weighted by molar-refractivity contribution is 0.185. The van der Waals surface area contributed by atoms with E-state index in [4.69, 9.17) is 27.4 Å². The monoisotopic (exact) mass is 266 g/mol. The number of ether oxygens (including phenoxy) is 2. The molecule has 98 valence electrons. The third-order valence-corrected chi connectivity index (χ3v) is 3.37. The van der Waals surface area contributed by atoms with Gasteiger partial charge < -0.3 is 20.5 Å². The predicted octanol–water partition coefficient (Wildman–Crippen LogP) is 1.92. The van der Waals surface area contributed by atoms with E-state index in [2.05, 4.69) is 12.2 Å². The van der Waals surface area contributed by atoms with Crippen LogP contribution in [0.5, 0.6) is 5.75 Å². The van der Waals surface area contributed by atoms with Crippen molar-refractivity contribution in [3.63, 3.8) is 0 Å². The maximum Gasteiger partial charge on any atom is 0.120 e. The van der Waals surface area contributed by atoms with Gasteiger partial charge in [-0.05, 0) is 25.5 Å². The van der Waals surface area contributed by atoms with E-state index in [0.717, 1.165) is 30.0 Å². The molecule has 1 fully saturated rings. The van der Waals surface area contributed by atoms with E-state index < -0.39 is 0 Å². The Hall–Kier alpha value is -1.33. The molecular formula is C13H18N2O2S. The van der Waals surface area contributed by atoms with Crippen molar-refractivity contribution < 1.29 is 9.47 Å². The minimum Gasteiger partial charge on any atom is -0.497 e. The first-order valence-electron chi connectivity index (χ1n) is 5.88. The van der Waals surface area contributed by atoms with Crippen LogP contribution in [0.3, 0.4) is 0 Å². The number of rotatable bonds is 4. The molecule has 1 unspecified atom stereocenters. The van der Waals surface area contributed by atoms with Crippen LogP contribution in [0, 0.1) is 0 Å². The third-order valence-electron chi connectivity index (χ3n) is 3.15. The average Bonchev–Trinajstić information content (AvgIpc) is 2.75. The number of hydrogen-bond donors (Lipinski definition) is 2. The summed E-state index contributed by atoms with van der Waals surface area (Å²) < 4.78 is 10.7. The molecule has 5 heteroatoms. The molecule has 0 aliphatic carbocycles. The Bertz CT molecular complexity index is 456. The Morgan fingerprint density at radius 1 is 1.56 bits per heavy atom. The van der Waals surface area contributed by atoms with Crippen molar-refractivity contribution in [2.24, 2.45) is 5.73 Å². The average molecular weight is 266 g/mol. The third kappa shape index (κ3) is 2.73. The van der Waals surface area contributed by atoms with Crippen molar-refractivity contribution in [2.45, 2.75) is 18.9 Å². The lowest BCUT2D eigenvalue weighted by atomic mass is 10.00. The second-order valence-electron chi connectivity index (χ2n) is 4.76. The molecule has 0 radical (unpaired) electrons. The highest BCUT2D eigenvalue weighted by atomic mass is 32.1. The topological polar surface area (TPSA) is 56.5 Å². The molecule has 1 aromatic rings. The Labute approximate surface area is 112 Å². The van der Waals surface area contributed by atoms with Crippen LogP contribution in [0.15, 0.2) is 18.2 Å². The number of nitrogens with one attached hydrogen (secondary N) is 1. The molecule has 2 rings (SSSR count). The molecule has 18 heavy (non-hydrogen) atoms. The van der Waals surface area contributed by atoms with E-state index in [1.807, 2.05) is 18.2 Å². The highest BCUT2D eigenvalue weighted by Gasteiger charge is 2.30. The zero-order chi connectivity index (χ0) is 13.2. The van der Waals surface area contributed by atoms with E-state index in [1.54, 1.807) is 7.11 Å². The fourth-order valence-electron chi connectivity index (χ4n) is 2.06. The molecule has 0 aromatic heterocycles. The molecule has 1 saturated heterocycles. The van der Waals surface area contributed by atoms with E-state index in [9.17, 15) is 0 Å². The smallest absolute Gasteiger partial charge is 0.120 e. The normalized spacial score (nSPS) is 22.8. The molecule has 3 N–H and O–H groups in total.